The Morgan fingerprint density at radius 1 is 0.846 bits per heavy atom. The van der Waals surface area contributed by atoms with Gasteiger partial charge in [0.15, 0.2) is 0 Å². The zero-order valence-corrected chi connectivity index (χ0v) is 17.0. The van der Waals surface area contributed by atoms with E-state index in [2.05, 4.69) is 17.7 Å². The molecular formula is C22H27NO2S. The van der Waals surface area contributed by atoms with Gasteiger partial charge in [0.2, 0.25) is 0 Å². The van der Waals surface area contributed by atoms with Crippen LogP contribution in [0, 0.1) is 27.7 Å². The van der Waals surface area contributed by atoms with Crippen LogP contribution in [0.5, 0.6) is 0 Å². The summed E-state index contributed by atoms with van der Waals surface area (Å²) in [6.07, 6.45) is 3.23. The third-order valence-electron chi connectivity index (χ3n) is 5.11. The van der Waals surface area contributed by atoms with Crippen molar-refractivity contribution >= 4 is 21.3 Å². The smallest absolute Gasteiger partial charge is 0.262 e. The number of aryl methyl sites for hydroxylation is 4. The molecule has 0 aliphatic heterocycles. The molecule has 0 saturated carbocycles. The van der Waals surface area contributed by atoms with Crippen molar-refractivity contribution in [3.05, 3.63) is 63.7 Å². The van der Waals surface area contributed by atoms with Gasteiger partial charge in [-0.25, -0.2) is 8.42 Å². The molecule has 0 atom stereocenters. The quantitative estimate of drug-likeness (QED) is 0.754. The van der Waals surface area contributed by atoms with Crippen molar-refractivity contribution < 1.29 is 8.42 Å². The summed E-state index contributed by atoms with van der Waals surface area (Å²) >= 11 is 0. The maximum Gasteiger partial charge on any atom is 0.262 e. The second kappa shape index (κ2) is 6.92. The van der Waals surface area contributed by atoms with Crippen LogP contribution in [0.4, 0.5) is 5.69 Å². The maximum absolute atomic E-state index is 13.2. The summed E-state index contributed by atoms with van der Waals surface area (Å²) in [6.45, 7) is 9.89. The highest BCUT2D eigenvalue weighted by Crippen LogP contribution is 2.38. The lowest BCUT2D eigenvalue weighted by Crippen LogP contribution is -2.17. The minimum absolute atomic E-state index is 0.381. The summed E-state index contributed by atoms with van der Waals surface area (Å²) in [4.78, 5) is 0.381. The lowest BCUT2D eigenvalue weighted by molar-refractivity contribution is 0.600. The summed E-state index contributed by atoms with van der Waals surface area (Å²) in [6, 6.07) is 9.78. The number of hydrogen-bond donors (Lipinski definition) is 1. The number of benzene rings is 2. The fourth-order valence-electron chi connectivity index (χ4n) is 4.04. The number of sulfonamides is 1. The highest BCUT2D eigenvalue weighted by Gasteiger charge is 2.23. The molecule has 0 saturated heterocycles. The normalized spacial score (nSPS) is 14.8. The van der Waals surface area contributed by atoms with Gasteiger partial charge in [-0.15, -0.1) is 0 Å². The molecule has 2 aromatic carbocycles. The molecule has 0 amide bonds. The summed E-state index contributed by atoms with van der Waals surface area (Å²) in [5.74, 6) is 0. The average Bonchev–Trinajstić information content (AvgIpc) is 2.93. The van der Waals surface area contributed by atoms with E-state index in [1.165, 1.54) is 11.1 Å². The Bertz CT molecular complexity index is 978. The number of anilines is 1. The van der Waals surface area contributed by atoms with Crippen molar-refractivity contribution in [2.45, 2.75) is 58.8 Å². The second-order valence-corrected chi connectivity index (χ2v) is 9.11. The van der Waals surface area contributed by atoms with E-state index in [1.807, 2.05) is 52.0 Å². The number of nitrogens with one attached hydrogen (secondary N) is 1. The molecule has 0 bridgehead atoms. The van der Waals surface area contributed by atoms with Gasteiger partial charge in [0, 0.05) is 5.56 Å². The summed E-state index contributed by atoms with van der Waals surface area (Å²) in [7, 11) is -3.65. The molecule has 0 spiro atoms. The zero-order chi connectivity index (χ0) is 19.1. The highest BCUT2D eigenvalue weighted by molar-refractivity contribution is 7.92. The molecule has 3 rings (SSSR count). The summed E-state index contributed by atoms with van der Waals surface area (Å²) < 4.78 is 29.2. The van der Waals surface area contributed by atoms with Crippen LogP contribution in [0.25, 0.3) is 5.57 Å². The van der Waals surface area contributed by atoms with Crippen molar-refractivity contribution in [2.24, 2.45) is 0 Å². The van der Waals surface area contributed by atoms with Crippen LogP contribution < -0.4 is 4.72 Å². The van der Waals surface area contributed by atoms with Gasteiger partial charge in [-0.3, -0.25) is 4.72 Å². The molecule has 0 fully saturated rings. The molecule has 0 radical (unpaired) electrons. The molecule has 26 heavy (non-hydrogen) atoms. The van der Waals surface area contributed by atoms with Crippen molar-refractivity contribution in [1.29, 1.82) is 0 Å². The Morgan fingerprint density at radius 2 is 1.50 bits per heavy atom. The Hall–Kier alpha value is -2.07. The standard InChI is InChI=1S/C22H27NO2S/c1-14-9-10-21(20(13-14)19-8-6-7-16(19)3)23-26(24,25)22-17(4)11-15(2)12-18(22)5/h9-13,23H,6-8H2,1-5H3. The first-order chi connectivity index (χ1) is 12.2. The summed E-state index contributed by atoms with van der Waals surface area (Å²) in [5, 5.41) is 0. The summed E-state index contributed by atoms with van der Waals surface area (Å²) in [5.41, 5.74) is 8.10. The lowest BCUT2D eigenvalue weighted by Gasteiger charge is -2.18. The fourth-order valence-corrected chi connectivity index (χ4v) is 5.58. The number of rotatable bonds is 4. The van der Waals surface area contributed by atoms with Crippen LogP contribution >= 0.6 is 0 Å². The number of allylic oxidation sites excluding steroid dienone is 2. The van der Waals surface area contributed by atoms with Crippen LogP contribution in [0.1, 0.15) is 54.0 Å². The Morgan fingerprint density at radius 3 is 2.08 bits per heavy atom. The van der Waals surface area contributed by atoms with Crippen molar-refractivity contribution in [3.8, 4) is 0 Å². The Labute approximate surface area is 157 Å². The van der Waals surface area contributed by atoms with E-state index in [-0.39, 0.29) is 0 Å². The van der Waals surface area contributed by atoms with Crippen LogP contribution in [0.3, 0.4) is 0 Å². The molecule has 0 unspecified atom stereocenters. The monoisotopic (exact) mass is 369 g/mol. The molecule has 1 aliphatic rings. The van der Waals surface area contributed by atoms with Gasteiger partial charge in [0.1, 0.15) is 0 Å². The van der Waals surface area contributed by atoms with Crippen molar-refractivity contribution in [3.63, 3.8) is 0 Å². The predicted molar refractivity (Wildman–Crippen MR) is 109 cm³/mol. The van der Waals surface area contributed by atoms with Gasteiger partial charge < -0.3 is 0 Å². The topological polar surface area (TPSA) is 46.2 Å². The largest absolute Gasteiger partial charge is 0.279 e. The van der Waals surface area contributed by atoms with E-state index in [9.17, 15) is 8.42 Å². The van der Waals surface area contributed by atoms with Crippen LogP contribution in [-0.2, 0) is 10.0 Å². The molecule has 3 nitrogen and oxygen atoms in total. The minimum atomic E-state index is -3.65. The first-order valence-corrected chi connectivity index (χ1v) is 10.6. The Balaban J connectivity index is 2.08. The molecule has 0 heterocycles. The Kier molecular flexibility index (Phi) is 4.98. The van der Waals surface area contributed by atoms with Crippen molar-refractivity contribution in [2.75, 3.05) is 4.72 Å². The average molecular weight is 370 g/mol. The van der Waals surface area contributed by atoms with E-state index in [0.717, 1.165) is 47.1 Å². The molecule has 138 valence electrons. The molecule has 2 aromatic rings. The predicted octanol–water partition coefficient (Wildman–Crippen LogP) is 5.68. The third kappa shape index (κ3) is 3.56. The van der Waals surface area contributed by atoms with Gasteiger partial charge in [-0.05, 0) is 82.7 Å². The SMILES string of the molecule is CC1=C(c2cc(C)ccc2NS(=O)(=O)c2c(C)cc(C)cc2C)CCC1. The fraction of sp³-hybridized carbons (Fsp3) is 0.364. The molecule has 1 N–H and O–H groups in total. The van der Waals surface area contributed by atoms with Crippen LogP contribution in [-0.4, -0.2) is 8.42 Å². The van der Waals surface area contributed by atoms with E-state index in [4.69, 9.17) is 0 Å². The van der Waals surface area contributed by atoms with E-state index < -0.39 is 10.0 Å². The molecule has 1 aliphatic carbocycles. The minimum Gasteiger partial charge on any atom is -0.279 e. The van der Waals surface area contributed by atoms with Gasteiger partial charge in [0.05, 0.1) is 10.6 Å². The van der Waals surface area contributed by atoms with Gasteiger partial charge in [0.25, 0.3) is 10.0 Å². The van der Waals surface area contributed by atoms with E-state index in [1.54, 1.807) is 0 Å². The molecular weight excluding hydrogens is 342 g/mol. The van der Waals surface area contributed by atoms with Gasteiger partial charge in [-0.2, -0.15) is 0 Å². The lowest BCUT2D eigenvalue weighted by atomic mass is 9.99. The maximum atomic E-state index is 13.2. The van der Waals surface area contributed by atoms with E-state index in [0.29, 0.717) is 10.6 Å². The first kappa shape index (κ1) is 18.7. The van der Waals surface area contributed by atoms with Crippen molar-refractivity contribution in [1.82, 2.24) is 0 Å². The van der Waals surface area contributed by atoms with Gasteiger partial charge >= 0.3 is 0 Å². The molecule has 0 aromatic heterocycles. The number of hydrogen-bond acceptors (Lipinski definition) is 2. The van der Waals surface area contributed by atoms with Crippen LogP contribution in [0.2, 0.25) is 0 Å². The van der Waals surface area contributed by atoms with Gasteiger partial charge in [-0.1, -0.05) is 34.9 Å². The zero-order valence-electron chi connectivity index (χ0n) is 16.2. The second-order valence-electron chi connectivity index (χ2n) is 7.49. The van der Waals surface area contributed by atoms with Crippen LogP contribution in [0.15, 0.2) is 40.8 Å². The van der Waals surface area contributed by atoms with E-state index >= 15 is 0 Å². The first-order valence-electron chi connectivity index (χ1n) is 9.09. The molecule has 4 heteroatoms. The third-order valence-corrected chi connectivity index (χ3v) is 6.78. The highest BCUT2D eigenvalue weighted by atomic mass is 32.2.